The van der Waals surface area contributed by atoms with Crippen LogP contribution in [0.1, 0.15) is 5.56 Å². The number of amides is 1. The number of nitrogens with one attached hydrogen (secondary N) is 2. The molecule has 0 saturated carbocycles. The van der Waals surface area contributed by atoms with Crippen LogP contribution in [0.2, 0.25) is 0 Å². The lowest BCUT2D eigenvalue weighted by Crippen LogP contribution is -2.14. The second-order valence-corrected chi connectivity index (χ2v) is 7.46. The van der Waals surface area contributed by atoms with E-state index in [1.165, 1.54) is 35.6 Å². The highest BCUT2D eigenvalue weighted by atomic mass is 32.1. The van der Waals surface area contributed by atoms with Gasteiger partial charge in [-0.2, -0.15) is 0 Å². The monoisotopic (exact) mass is 421 g/mol. The van der Waals surface area contributed by atoms with Gasteiger partial charge >= 0.3 is 0 Å². The van der Waals surface area contributed by atoms with Crippen molar-refractivity contribution in [2.24, 2.45) is 0 Å². The summed E-state index contributed by atoms with van der Waals surface area (Å²) in [6.45, 7) is 0. The summed E-state index contributed by atoms with van der Waals surface area (Å²) in [7, 11) is 0. The maximum Gasteiger partial charge on any atom is 0.228 e. The normalized spacial score (nSPS) is 10.6. The molecule has 4 aromatic rings. The average molecular weight is 421 g/mol. The molecule has 0 atom stereocenters. The number of aromatic nitrogens is 1. The van der Waals surface area contributed by atoms with Crippen molar-refractivity contribution in [1.29, 1.82) is 0 Å². The van der Waals surface area contributed by atoms with Gasteiger partial charge in [0.25, 0.3) is 0 Å². The highest BCUT2D eigenvalue weighted by molar-refractivity contribution is 7.14. The van der Waals surface area contributed by atoms with Crippen LogP contribution in [0.5, 0.6) is 0 Å². The van der Waals surface area contributed by atoms with Crippen LogP contribution < -0.4 is 10.6 Å². The predicted molar refractivity (Wildman–Crippen MR) is 116 cm³/mol. The first-order chi connectivity index (χ1) is 14.5. The Hall–Kier alpha value is -3.58. The Morgan fingerprint density at radius 3 is 2.33 bits per heavy atom. The topological polar surface area (TPSA) is 54.0 Å². The third-order valence-electron chi connectivity index (χ3n) is 4.32. The molecule has 0 spiro atoms. The first-order valence-electron chi connectivity index (χ1n) is 9.18. The SMILES string of the molecule is O=C(Cc1ccc(F)cc1)Nc1cccc(-c2csc(Nc3ccc(F)cc3)n2)c1. The molecule has 150 valence electrons. The van der Waals surface area contributed by atoms with Crippen molar-refractivity contribution in [2.45, 2.75) is 6.42 Å². The second-order valence-electron chi connectivity index (χ2n) is 6.60. The lowest BCUT2D eigenvalue weighted by atomic mass is 10.1. The summed E-state index contributed by atoms with van der Waals surface area (Å²) in [6, 6.07) is 19.3. The van der Waals surface area contributed by atoms with Gasteiger partial charge in [0.1, 0.15) is 11.6 Å². The van der Waals surface area contributed by atoms with Crippen molar-refractivity contribution in [3.05, 3.63) is 95.4 Å². The van der Waals surface area contributed by atoms with E-state index in [0.717, 1.165) is 22.5 Å². The van der Waals surface area contributed by atoms with Crippen LogP contribution in [0.4, 0.5) is 25.3 Å². The van der Waals surface area contributed by atoms with E-state index in [1.54, 1.807) is 30.3 Å². The number of benzene rings is 3. The van der Waals surface area contributed by atoms with Gasteiger partial charge < -0.3 is 10.6 Å². The number of thiazole rings is 1. The molecule has 0 radical (unpaired) electrons. The second kappa shape index (κ2) is 8.84. The van der Waals surface area contributed by atoms with Gasteiger partial charge in [-0.05, 0) is 54.1 Å². The summed E-state index contributed by atoms with van der Waals surface area (Å²) in [5, 5.41) is 8.59. The Kier molecular flexibility index (Phi) is 5.81. The van der Waals surface area contributed by atoms with Crippen molar-refractivity contribution < 1.29 is 13.6 Å². The molecule has 7 heteroatoms. The van der Waals surface area contributed by atoms with Crippen LogP contribution in [0.3, 0.4) is 0 Å². The van der Waals surface area contributed by atoms with Gasteiger partial charge in [0.05, 0.1) is 12.1 Å². The van der Waals surface area contributed by atoms with Gasteiger partial charge in [0.2, 0.25) is 5.91 Å². The molecule has 3 aromatic carbocycles. The van der Waals surface area contributed by atoms with E-state index in [2.05, 4.69) is 15.6 Å². The number of carbonyl (C=O) groups is 1. The number of hydrogen-bond acceptors (Lipinski definition) is 4. The summed E-state index contributed by atoms with van der Waals surface area (Å²) >= 11 is 1.43. The maximum atomic E-state index is 13.0. The first kappa shape index (κ1) is 19.7. The zero-order valence-electron chi connectivity index (χ0n) is 15.7. The lowest BCUT2D eigenvalue weighted by molar-refractivity contribution is -0.115. The van der Waals surface area contributed by atoms with E-state index in [0.29, 0.717) is 10.8 Å². The molecule has 0 bridgehead atoms. The molecule has 0 aliphatic heterocycles. The largest absolute Gasteiger partial charge is 0.332 e. The Bertz CT molecular complexity index is 1160. The van der Waals surface area contributed by atoms with E-state index in [4.69, 9.17) is 0 Å². The molecule has 0 saturated heterocycles. The minimum Gasteiger partial charge on any atom is -0.332 e. The van der Waals surface area contributed by atoms with Crippen molar-refractivity contribution in [2.75, 3.05) is 10.6 Å². The van der Waals surface area contributed by atoms with Crippen LogP contribution >= 0.6 is 11.3 Å². The maximum absolute atomic E-state index is 13.0. The number of nitrogens with zero attached hydrogens (tertiary/aromatic N) is 1. The molecule has 30 heavy (non-hydrogen) atoms. The molecule has 0 fully saturated rings. The Morgan fingerprint density at radius 2 is 1.60 bits per heavy atom. The fraction of sp³-hybridized carbons (Fsp3) is 0.0435. The smallest absolute Gasteiger partial charge is 0.228 e. The van der Waals surface area contributed by atoms with E-state index < -0.39 is 0 Å². The Labute approximate surface area is 176 Å². The zero-order chi connectivity index (χ0) is 20.9. The molecule has 0 aliphatic rings. The molecule has 0 unspecified atom stereocenters. The summed E-state index contributed by atoms with van der Waals surface area (Å²) in [5.41, 5.74) is 3.76. The molecule has 4 nitrogen and oxygen atoms in total. The molecule has 1 amide bonds. The molecule has 4 rings (SSSR count). The fourth-order valence-electron chi connectivity index (χ4n) is 2.87. The van der Waals surface area contributed by atoms with Crippen LogP contribution in [-0.4, -0.2) is 10.9 Å². The van der Waals surface area contributed by atoms with Gasteiger partial charge in [-0.15, -0.1) is 11.3 Å². The number of anilines is 3. The lowest BCUT2D eigenvalue weighted by Gasteiger charge is -2.07. The van der Waals surface area contributed by atoms with E-state index in [1.807, 2.05) is 23.6 Å². The van der Waals surface area contributed by atoms with Gasteiger partial charge in [0, 0.05) is 22.3 Å². The molecule has 0 aliphatic carbocycles. The van der Waals surface area contributed by atoms with Gasteiger partial charge in [-0.25, -0.2) is 13.8 Å². The minimum atomic E-state index is -0.330. The predicted octanol–water partition coefficient (Wildman–Crippen LogP) is 6.01. The zero-order valence-corrected chi connectivity index (χ0v) is 16.5. The summed E-state index contributed by atoms with van der Waals surface area (Å²) < 4.78 is 26.0. The van der Waals surface area contributed by atoms with Crippen LogP contribution in [0, 0.1) is 11.6 Å². The number of carbonyl (C=O) groups excluding carboxylic acids is 1. The highest BCUT2D eigenvalue weighted by Gasteiger charge is 2.08. The summed E-state index contributed by atoms with van der Waals surface area (Å²) in [4.78, 5) is 16.9. The van der Waals surface area contributed by atoms with Crippen molar-refractivity contribution in [3.63, 3.8) is 0 Å². The van der Waals surface area contributed by atoms with E-state index >= 15 is 0 Å². The van der Waals surface area contributed by atoms with E-state index in [-0.39, 0.29) is 24.0 Å². The van der Waals surface area contributed by atoms with Gasteiger partial charge in [-0.3, -0.25) is 4.79 Å². The number of hydrogen-bond donors (Lipinski definition) is 2. The fourth-order valence-corrected chi connectivity index (χ4v) is 3.61. The van der Waals surface area contributed by atoms with Crippen molar-refractivity contribution in [1.82, 2.24) is 4.98 Å². The van der Waals surface area contributed by atoms with Gasteiger partial charge in [-0.1, -0.05) is 24.3 Å². The Morgan fingerprint density at radius 1 is 0.900 bits per heavy atom. The third-order valence-corrected chi connectivity index (χ3v) is 5.08. The summed E-state index contributed by atoms with van der Waals surface area (Å²) in [6.07, 6.45) is 0.160. The average Bonchev–Trinajstić information content (AvgIpc) is 3.20. The van der Waals surface area contributed by atoms with Crippen molar-refractivity contribution in [3.8, 4) is 11.3 Å². The van der Waals surface area contributed by atoms with Crippen molar-refractivity contribution >= 4 is 33.8 Å². The van der Waals surface area contributed by atoms with E-state index in [9.17, 15) is 13.6 Å². The van der Waals surface area contributed by atoms with Crippen LogP contribution in [0.25, 0.3) is 11.3 Å². The molecular formula is C23H17F2N3OS. The first-order valence-corrected chi connectivity index (χ1v) is 10.1. The van der Waals surface area contributed by atoms with Gasteiger partial charge in [0.15, 0.2) is 5.13 Å². The molecular weight excluding hydrogens is 404 g/mol. The molecule has 1 heterocycles. The third kappa shape index (κ3) is 5.07. The molecule has 1 aromatic heterocycles. The molecule has 2 N–H and O–H groups in total. The summed E-state index contributed by atoms with van der Waals surface area (Å²) in [5.74, 6) is -0.808. The highest BCUT2D eigenvalue weighted by Crippen LogP contribution is 2.28. The quantitative estimate of drug-likeness (QED) is 0.401. The van der Waals surface area contributed by atoms with Crippen LogP contribution in [0.15, 0.2) is 78.2 Å². The van der Waals surface area contributed by atoms with Crippen LogP contribution in [-0.2, 0) is 11.2 Å². The number of halogens is 2. The number of rotatable bonds is 6. The minimum absolute atomic E-state index is 0.160. The standard InChI is InChI=1S/C23H17F2N3OS/c24-17-6-4-15(5-7-17)12-22(29)26-20-3-1-2-16(13-20)21-14-30-23(28-21)27-19-10-8-18(25)9-11-19/h1-11,13-14H,12H2,(H,26,29)(H,27,28). The Balaban J connectivity index is 1.43.